The molecule has 1 N–H and O–H groups in total. The maximum Gasteiger partial charge on any atom is 0.0807 e. The molecule has 2 rings (SSSR count). The van der Waals surface area contributed by atoms with Gasteiger partial charge in [0.15, 0.2) is 0 Å². The van der Waals surface area contributed by atoms with E-state index in [9.17, 15) is 5.11 Å². The summed E-state index contributed by atoms with van der Waals surface area (Å²) in [6.45, 7) is 9.99. The molecule has 0 spiro atoms. The number of ether oxygens (including phenoxy) is 1. The lowest BCUT2D eigenvalue weighted by Gasteiger charge is -2.28. The Bertz CT molecular complexity index is 420. The average Bonchev–Trinajstić information content (AvgIpc) is 2.57. The molecule has 1 atom stereocenters. The molecule has 0 saturated carbocycles. The normalized spacial score (nSPS) is 19.9. The zero-order valence-electron chi connectivity index (χ0n) is 12.0. The minimum absolute atomic E-state index is 0.158. The number of fused-ring (bicyclic) bond motifs is 1. The molecule has 3 nitrogen and oxygen atoms in total. The molecule has 0 amide bonds. The summed E-state index contributed by atoms with van der Waals surface area (Å²) in [5, 5.41) is 10.1. The topological polar surface area (TPSA) is 34.4 Å². The van der Waals surface area contributed by atoms with E-state index in [0.717, 1.165) is 38.0 Å². The van der Waals surface area contributed by atoms with Crippen LogP contribution in [-0.2, 0) is 17.7 Å². The number of aliphatic hydroxyl groups excluding tert-OH is 1. The monoisotopic (exact) mass is 251 g/mol. The molecular weight excluding hydrogens is 226 g/mol. The van der Waals surface area contributed by atoms with Crippen LogP contribution in [0, 0.1) is 6.92 Å². The van der Waals surface area contributed by atoms with Crippen molar-refractivity contribution in [2.75, 3.05) is 6.61 Å². The zero-order chi connectivity index (χ0) is 13.3. The second-order valence-electron chi connectivity index (χ2n) is 5.87. The molecule has 0 radical (unpaired) electrons. The maximum atomic E-state index is 10.1. The Balaban J connectivity index is 2.28. The van der Waals surface area contributed by atoms with E-state index in [0.29, 0.717) is 0 Å². The van der Waals surface area contributed by atoms with Gasteiger partial charge >= 0.3 is 0 Å². The van der Waals surface area contributed by atoms with Crippen LogP contribution >= 0.6 is 0 Å². The number of hydrogen-bond acceptors (Lipinski definition) is 2. The van der Waals surface area contributed by atoms with Crippen molar-refractivity contribution < 1.29 is 9.84 Å². The fourth-order valence-corrected chi connectivity index (χ4v) is 2.98. The van der Waals surface area contributed by atoms with Gasteiger partial charge in [0.1, 0.15) is 0 Å². The van der Waals surface area contributed by atoms with Gasteiger partial charge in [-0.2, -0.15) is 0 Å². The van der Waals surface area contributed by atoms with Crippen molar-refractivity contribution in [3.63, 3.8) is 0 Å². The van der Waals surface area contributed by atoms with E-state index in [2.05, 4.69) is 31.4 Å². The molecule has 3 heteroatoms. The molecule has 1 heterocycles. The van der Waals surface area contributed by atoms with Crippen molar-refractivity contribution in [2.45, 2.75) is 65.2 Å². The highest BCUT2D eigenvalue weighted by Crippen LogP contribution is 2.33. The number of aliphatic hydroxyl groups is 1. The SMILES string of the molecule is CCOC(C)(C)Cn1c(C)cc2c1CCCC2O. The van der Waals surface area contributed by atoms with E-state index in [1.807, 2.05) is 6.92 Å². The van der Waals surface area contributed by atoms with Crippen LogP contribution < -0.4 is 0 Å². The molecule has 1 unspecified atom stereocenters. The minimum atomic E-state index is -0.274. The molecule has 0 aliphatic heterocycles. The highest BCUT2D eigenvalue weighted by atomic mass is 16.5. The summed E-state index contributed by atoms with van der Waals surface area (Å²) >= 11 is 0. The van der Waals surface area contributed by atoms with Gasteiger partial charge in [0.05, 0.1) is 18.2 Å². The fraction of sp³-hybridized carbons (Fsp3) is 0.733. The third kappa shape index (κ3) is 2.62. The summed E-state index contributed by atoms with van der Waals surface area (Å²) in [4.78, 5) is 0. The van der Waals surface area contributed by atoms with Crippen LogP contribution in [0.4, 0.5) is 0 Å². The van der Waals surface area contributed by atoms with Crippen molar-refractivity contribution >= 4 is 0 Å². The zero-order valence-corrected chi connectivity index (χ0v) is 12.0. The molecule has 1 aromatic heterocycles. The third-order valence-electron chi connectivity index (χ3n) is 3.77. The van der Waals surface area contributed by atoms with Crippen molar-refractivity contribution in [2.24, 2.45) is 0 Å². The first-order chi connectivity index (χ1) is 8.44. The molecule has 1 aromatic rings. The fourth-order valence-electron chi connectivity index (χ4n) is 2.98. The molecule has 0 bridgehead atoms. The molecule has 1 aliphatic carbocycles. The number of aromatic nitrogens is 1. The molecule has 1 aliphatic rings. The summed E-state index contributed by atoms with van der Waals surface area (Å²) in [5.41, 5.74) is 3.51. The van der Waals surface area contributed by atoms with E-state index in [1.165, 1.54) is 11.4 Å². The van der Waals surface area contributed by atoms with E-state index in [-0.39, 0.29) is 11.7 Å². The summed E-state index contributed by atoms with van der Waals surface area (Å²) in [7, 11) is 0. The quantitative estimate of drug-likeness (QED) is 0.892. The van der Waals surface area contributed by atoms with Crippen molar-refractivity contribution in [1.29, 1.82) is 0 Å². The van der Waals surface area contributed by atoms with Gasteiger partial charge < -0.3 is 14.4 Å². The number of rotatable bonds is 4. The van der Waals surface area contributed by atoms with Crippen LogP contribution in [0.3, 0.4) is 0 Å². The number of nitrogens with zero attached hydrogens (tertiary/aromatic N) is 1. The summed E-state index contributed by atoms with van der Waals surface area (Å²) < 4.78 is 8.12. The first-order valence-corrected chi connectivity index (χ1v) is 6.95. The van der Waals surface area contributed by atoms with Crippen LogP contribution in [0.5, 0.6) is 0 Å². The van der Waals surface area contributed by atoms with Crippen molar-refractivity contribution in [3.05, 3.63) is 23.0 Å². The van der Waals surface area contributed by atoms with Gasteiger partial charge in [0.25, 0.3) is 0 Å². The second kappa shape index (κ2) is 5.06. The lowest BCUT2D eigenvalue weighted by molar-refractivity contribution is -0.0233. The van der Waals surface area contributed by atoms with Crippen LogP contribution in [-0.4, -0.2) is 21.9 Å². The van der Waals surface area contributed by atoms with Gasteiger partial charge in [-0.3, -0.25) is 0 Å². The van der Waals surface area contributed by atoms with Gasteiger partial charge in [-0.05, 0) is 53.0 Å². The van der Waals surface area contributed by atoms with Crippen LogP contribution in [0.1, 0.15) is 56.7 Å². The Kier molecular flexibility index (Phi) is 3.83. The number of aryl methyl sites for hydroxylation is 1. The Morgan fingerprint density at radius 3 is 2.89 bits per heavy atom. The highest BCUT2D eigenvalue weighted by Gasteiger charge is 2.26. The van der Waals surface area contributed by atoms with Crippen LogP contribution in [0.15, 0.2) is 6.07 Å². The molecule has 18 heavy (non-hydrogen) atoms. The lowest BCUT2D eigenvalue weighted by Crippen LogP contribution is -2.32. The summed E-state index contributed by atoms with van der Waals surface area (Å²) in [5.74, 6) is 0. The minimum Gasteiger partial charge on any atom is -0.388 e. The van der Waals surface area contributed by atoms with Gasteiger partial charge in [-0.1, -0.05) is 0 Å². The standard InChI is InChI=1S/C15H25NO2/c1-5-18-15(3,4)10-16-11(2)9-12-13(16)7-6-8-14(12)17/h9,14,17H,5-8,10H2,1-4H3. The molecule has 0 aromatic carbocycles. The second-order valence-corrected chi connectivity index (χ2v) is 5.87. The smallest absolute Gasteiger partial charge is 0.0807 e. The Morgan fingerprint density at radius 2 is 2.22 bits per heavy atom. The molecule has 102 valence electrons. The average molecular weight is 251 g/mol. The Labute approximate surface area is 110 Å². The first kappa shape index (κ1) is 13.6. The molecule has 0 saturated heterocycles. The van der Waals surface area contributed by atoms with E-state index in [1.54, 1.807) is 0 Å². The van der Waals surface area contributed by atoms with Gasteiger partial charge in [0.2, 0.25) is 0 Å². The Hall–Kier alpha value is -0.800. The van der Waals surface area contributed by atoms with E-state index < -0.39 is 0 Å². The third-order valence-corrected chi connectivity index (χ3v) is 3.77. The summed E-state index contributed by atoms with van der Waals surface area (Å²) in [6, 6.07) is 2.14. The largest absolute Gasteiger partial charge is 0.388 e. The van der Waals surface area contributed by atoms with Crippen molar-refractivity contribution in [3.8, 4) is 0 Å². The van der Waals surface area contributed by atoms with Gasteiger partial charge in [-0.25, -0.2) is 0 Å². The Morgan fingerprint density at radius 1 is 1.50 bits per heavy atom. The highest BCUT2D eigenvalue weighted by molar-refractivity contribution is 5.32. The predicted molar refractivity (Wildman–Crippen MR) is 72.8 cm³/mol. The van der Waals surface area contributed by atoms with Crippen LogP contribution in [0.2, 0.25) is 0 Å². The van der Waals surface area contributed by atoms with Crippen molar-refractivity contribution in [1.82, 2.24) is 4.57 Å². The van der Waals surface area contributed by atoms with E-state index >= 15 is 0 Å². The molecule has 0 fully saturated rings. The first-order valence-electron chi connectivity index (χ1n) is 6.95. The van der Waals surface area contributed by atoms with E-state index in [4.69, 9.17) is 4.74 Å². The predicted octanol–water partition coefficient (Wildman–Crippen LogP) is 2.98. The summed E-state index contributed by atoms with van der Waals surface area (Å²) in [6.07, 6.45) is 2.77. The van der Waals surface area contributed by atoms with Gasteiger partial charge in [-0.15, -0.1) is 0 Å². The van der Waals surface area contributed by atoms with Gasteiger partial charge in [0, 0.05) is 23.6 Å². The van der Waals surface area contributed by atoms with Crippen LogP contribution in [0.25, 0.3) is 0 Å². The lowest BCUT2D eigenvalue weighted by atomic mass is 9.95. The molecular formula is C15H25NO2. The maximum absolute atomic E-state index is 10.1. The number of hydrogen-bond donors (Lipinski definition) is 1.